The second kappa shape index (κ2) is 4.97. The van der Waals surface area contributed by atoms with Gasteiger partial charge in [-0.15, -0.1) is 0 Å². The second-order valence-corrected chi connectivity index (χ2v) is 4.12. The van der Waals surface area contributed by atoms with Crippen LogP contribution in [0.5, 0.6) is 0 Å². The molecule has 0 aliphatic heterocycles. The molecule has 0 saturated carbocycles. The first kappa shape index (κ1) is 11.6. The molecule has 1 aromatic carbocycles. The fourth-order valence-corrected chi connectivity index (χ4v) is 1.86. The van der Waals surface area contributed by atoms with E-state index in [1.165, 1.54) is 0 Å². The van der Waals surface area contributed by atoms with Crippen molar-refractivity contribution in [3.8, 4) is 0 Å². The number of rotatable bonds is 3. The highest BCUT2D eigenvalue weighted by atomic mass is 16.1. The van der Waals surface area contributed by atoms with E-state index in [2.05, 4.69) is 0 Å². The molecule has 3 heteroatoms. The maximum Gasteiger partial charge on any atom is 0.251 e. The molecule has 0 atom stereocenters. The maximum absolute atomic E-state index is 11.7. The molecule has 0 saturated heterocycles. The van der Waals surface area contributed by atoms with Gasteiger partial charge in [0.2, 0.25) is 0 Å². The van der Waals surface area contributed by atoms with E-state index >= 15 is 0 Å². The Morgan fingerprint density at radius 1 is 1.12 bits per heavy atom. The molecule has 2 N–H and O–H groups in total. The largest absolute Gasteiger partial charge is 0.326 e. The highest BCUT2D eigenvalue weighted by molar-refractivity contribution is 5.24. The number of hydrogen-bond acceptors (Lipinski definition) is 2. The standard InChI is InChI=1S/C14H16N2O/c1-11-4-2-7-14(17)16(11)10-13-6-3-5-12(8-13)9-15/h2-8H,9-10,15H2,1H3. The normalized spacial score (nSPS) is 10.5. The Balaban J connectivity index is 2.34. The molecule has 1 heterocycles. The Bertz CT molecular complexity index is 572. The molecular formula is C14H16N2O. The molecule has 0 spiro atoms. The summed E-state index contributed by atoms with van der Waals surface area (Å²) in [5.74, 6) is 0. The van der Waals surface area contributed by atoms with Gasteiger partial charge in [0.25, 0.3) is 5.56 Å². The van der Waals surface area contributed by atoms with E-state index in [-0.39, 0.29) is 5.56 Å². The van der Waals surface area contributed by atoms with Crippen molar-refractivity contribution in [3.05, 3.63) is 69.6 Å². The van der Waals surface area contributed by atoms with Gasteiger partial charge in [-0.05, 0) is 24.1 Å². The van der Waals surface area contributed by atoms with E-state index in [9.17, 15) is 4.79 Å². The Kier molecular flexibility index (Phi) is 3.40. The predicted octanol–water partition coefficient (Wildman–Crippen LogP) is 1.66. The average molecular weight is 228 g/mol. The van der Waals surface area contributed by atoms with E-state index in [0.29, 0.717) is 13.1 Å². The highest BCUT2D eigenvalue weighted by Crippen LogP contribution is 2.07. The molecular weight excluding hydrogens is 212 g/mol. The zero-order valence-electron chi connectivity index (χ0n) is 9.89. The van der Waals surface area contributed by atoms with Crippen molar-refractivity contribution >= 4 is 0 Å². The Labute approximate surface area is 101 Å². The zero-order chi connectivity index (χ0) is 12.3. The van der Waals surface area contributed by atoms with E-state index in [1.807, 2.05) is 37.3 Å². The second-order valence-electron chi connectivity index (χ2n) is 4.12. The Morgan fingerprint density at radius 2 is 1.82 bits per heavy atom. The molecule has 0 aliphatic carbocycles. The molecule has 0 aliphatic rings. The first-order valence-corrected chi connectivity index (χ1v) is 5.65. The lowest BCUT2D eigenvalue weighted by atomic mass is 10.1. The lowest BCUT2D eigenvalue weighted by Gasteiger charge is -2.10. The maximum atomic E-state index is 11.7. The number of nitrogens with two attached hydrogens (primary N) is 1. The highest BCUT2D eigenvalue weighted by Gasteiger charge is 2.01. The summed E-state index contributed by atoms with van der Waals surface area (Å²) in [7, 11) is 0. The van der Waals surface area contributed by atoms with Crippen molar-refractivity contribution < 1.29 is 0 Å². The summed E-state index contributed by atoms with van der Waals surface area (Å²) >= 11 is 0. The topological polar surface area (TPSA) is 48.0 Å². The quantitative estimate of drug-likeness (QED) is 0.868. The fourth-order valence-electron chi connectivity index (χ4n) is 1.86. The van der Waals surface area contributed by atoms with Crippen LogP contribution in [0.25, 0.3) is 0 Å². The summed E-state index contributed by atoms with van der Waals surface area (Å²) in [6, 6.07) is 13.3. The molecule has 3 nitrogen and oxygen atoms in total. The molecule has 17 heavy (non-hydrogen) atoms. The lowest BCUT2D eigenvalue weighted by molar-refractivity contribution is 0.729. The molecule has 0 amide bonds. The van der Waals surface area contributed by atoms with E-state index < -0.39 is 0 Å². The van der Waals surface area contributed by atoms with Crippen LogP contribution in [0.4, 0.5) is 0 Å². The van der Waals surface area contributed by atoms with Gasteiger partial charge in [-0.2, -0.15) is 0 Å². The molecule has 0 unspecified atom stereocenters. The molecule has 0 fully saturated rings. The number of aryl methyl sites for hydroxylation is 1. The number of benzene rings is 1. The van der Waals surface area contributed by atoms with Crippen molar-refractivity contribution in [1.29, 1.82) is 0 Å². The lowest BCUT2D eigenvalue weighted by Crippen LogP contribution is -2.21. The van der Waals surface area contributed by atoms with Gasteiger partial charge in [-0.25, -0.2) is 0 Å². The van der Waals surface area contributed by atoms with Gasteiger partial charge in [-0.3, -0.25) is 4.79 Å². The van der Waals surface area contributed by atoms with Crippen molar-refractivity contribution in [3.63, 3.8) is 0 Å². The van der Waals surface area contributed by atoms with Crippen LogP contribution in [0.2, 0.25) is 0 Å². The van der Waals surface area contributed by atoms with Crippen LogP contribution >= 0.6 is 0 Å². The summed E-state index contributed by atoms with van der Waals surface area (Å²) in [6.07, 6.45) is 0. The number of nitrogens with zero attached hydrogens (tertiary/aromatic N) is 1. The monoisotopic (exact) mass is 228 g/mol. The van der Waals surface area contributed by atoms with Crippen molar-refractivity contribution in [2.24, 2.45) is 5.73 Å². The van der Waals surface area contributed by atoms with Gasteiger partial charge in [-0.1, -0.05) is 30.3 Å². The summed E-state index contributed by atoms with van der Waals surface area (Å²) in [6.45, 7) is 3.06. The van der Waals surface area contributed by atoms with Crippen LogP contribution in [-0.4, -0.2) is 4.57 Å². The predicted molar refractivity (Wildman–Crippen MR) is 68.9 cm³/mol. The third-order valence-corrected chi connectivity index (χ3v) is 2.84. The van der Waals surface area contributed by atoms with Crippen molar-refractivity contribution in [1.82, 2.24) is 4.57 Å². The first-order valence-electron chi connectivity index (χ1n) is 5.65. The minimum absolute atomic E-state index is 0.0307. The van der Waals surface area contributed by atoms with E-state index in [4.69, 9.17) is 5.73 Å². The van der Waals surface area contributed by atoms with Crippen LogP contribution in [0.15, 0.2) is 47.3 Å². The molecule has 1 aromatic heterocycles. The SMILES string of the molecule is Cc1cccc(=O)n1Cc1cccc(CN)c1. The number of hydrogen-bond donors (Lipinski definition) is 1. The van der Waals surface area contributed by atoms with Gasteiger partial charge < -0.3 is 10.3 Å². The summed E-state index contributed by atoms with van der Waals surface area (Å²) < 4.78 is 1.76. The third kappa shape index (κ3) is 2.63. The molecule has 2 aromatic rings. The molecule has 0 radical (unpaired) electrons. The molecule has 2 rings (SSSR count). The zero-order valence-corrected chi connectivity index (χ0v) is 9.89. The van der Waals surface area contributed by atoms with Crippen LogP contribution in [0.1, 0.15) is 16.8 Å². The minimum atomic E-state index is 0.0307. The third-order valence-electron chi connectivity index (χ3n) is 2.84. The molecule has 0 bridgehead atoms. The van der Waals surface area contributed by atoms with Crippen LogP contribution < -0.4 is 11.3 Å². The molecule has 88 valence electrons. The summed E-state index contributed by atoms with van der Waals surface area (Å²) in [5, 5.41) is 0. The van der Waals surface area contributed by atoms with Gasteiger partial charge in [0.1, 0.15) is 0 Å². The van der Waals surface area contributed by atoms with Gasteiger partial charge >= 0.3 is 0 Å². The minimum Gasteiger partial charge on any atom is -0.326 e. The van der Waals surface area contributed by atoms with Crippen molar-refractivity contribution in [2.75, 3.05) is 0 Å². The van der Waals surface area contributed by atoms with Crippen LogP contribution in [0, 0.1) is 6.92 Å². The summed E-state index contributed by atoms with van der Waals surface area (Å²) in [5.41, 5.74) is 8.79. The van der Waals surface area contributed by atoms with Crippen LogP contribution in [-0.2, 0) is 13.1 Å². The smallest absolute Gasteiger partial charge is 0.251 e. The summed E-state index contributed by atoms with van der Waals surface area (Å²) in [4.78, 5) is 11.7. The van der Waals surface area contributed by atoms with E-state index in [1.54, 1.807) is 16.7 Å². The van der Waals surface area contributed by atoms with Crippen LogP contribution in [0.3, 0.4) is 0 Å². The van der Waals surface area contributed by atoms with E-state index in [0.717, 1.165) is 16.8 Å². The Hall–Kier alpha value is -1.87. The van der Waals surface area contributed by atoms with Crippen molar-refractivity contribution in [2.45, 2.75) is 20.0 Å². The van der Waals surface area contributed by atoms with Gasteiger partial charge in [0.05, 0.1) is 6.54 Å². The first-order chi connectivity index (χ1) is 8.20. The van der Waals surface area contributed by atoms with Gasteiger partial charge in [0.15, 0.2) is 0 Å². The number of pyridine rings is 1. The fraction of sp³-hybridized carbons (Fsp3) is 0.214. The number of aromatic nitrogens is 1. The Morgan fingerprint density at radius 3 is 2.53 bits per heavy atom. The van der Waals surface area contributed by atoms with Gasteiger partial charge in [0, 0.05) is 18.3 Å². The average Bonchev–Trinajstić information content (AvgIpc) is 2.34.